The van der Waals surface area contributed by atoms with E-state index >= 15 is 0 Å². The fourth-order valence-electron chi connectivity index (χ4n) is 3.00. The molecule has 0 aromatic heterocycles. The van der Waals surface area contributed by atoms with Crippen molar-refractivity contribution in [3.8, 4) is 0 Å². The van der Waals surface area contributed by atoms with Crippen molar-refractivity contribution in [2.24, 2.45) is 5.92 Å². The van der Waals surface area contributed by atoms with Gasteiger partial charge in [0.1, 0.15) is 0 Å². The Kier molecular flexibility index (Phi) is 3.73. The van der Waals surface area contributed by atoms with Gasteiger partial charge in [0.25, 0.3) is 0 Å². The summed E-state index contributed by atoms with van der Waals surface area (Å²) < 4.78 is 0. The lowest BCUT2D eigenvalue weighted by Gasteiger charge is -2.40. The maximum atomic E-state index is 11.9. The number of rotatable bonds is 2. The first-order valence-electron chi connectivity index (χ1n) is 6.68. The van der Waals surface area contributed by atoms with Gasteiger partial charge in [-0.15, -0.1) is 0 Å². The third kappa shape index (κ3) is 3.42. The summed E-state index contributed by atoms with van der Waals surface area (Å²) in [5.74, 6) is 0.966. The summed E-state index contributed by atoms with van der Waals surface area (Å²) >= 11 is 0. The standard InChI is InChI=1S/C13H25N3O/c1-13(2)8-11(4-5-14-13)9-16-7-6-15(3)10-12(16)17/h11,14H,4-10H2,1-3H3. The Balaban J connectivity index is 1.86. The van der Waals surface area contributed by atoms with Gasteiger partial charge in [-0.2, -0.15) is 0 Å². The van der Waals surface area contributed by atoms with Gasteiger partial charge < -0.3 is 10.2 Å². The van der Waals surface area contributed by atoms with E-state index in [9.17, 15) is 4.79 Å². The van der Waals surface area contributed by atoms with E-state index in [0.717, 1.165) is 26.2 Å². The lowest BCUT2D eigenvalue weighted by atomic mass is 9.84. The normalized spacial score (nSPS) is 30.6. The van der Waals surface area contributed by atoms with Crippen molar-refractivity contribution in [3.05, 3.63) is 0 Å². The molecule has 4 nitrogen and oxygen atoms in total. The van der Waals surface area contributed by atoms with E-state index in [1.807, 2.05) is 7.05 Å². The minimum atomic E-state index is 0.235. The minimum absolute atomic E-state index is 0.235. The Bertz CT molecular complexity index is 290. The molecule has 2 aliphatic rings. The van der Waals surface area contributed by atoms with Gasteiger partial charge in [0.2, 0.25) is 5.91 Å². The number of likely N-dealkylation sites (N-methyl/N-ethyl adjacent to an activating group) is 1. The molecule has 1 atom stereocenters. The summed E-state index contributed by atoms with van der Waals surface area (Å²) in [4.78, 5) is 16.1. The Morgan fingerprint density at radius 2 is 2.18 bits per heavy atom. The van der Waals surface area contributed by atoms with Gasteiger partial charge in [0.05, 0.1) is 6.54 Å². The van der Waals surface area contributed by atoms with Gasteiger partial charge in [0.15, 0.2) is 0 Å². The molecule has 0 spiro atoms. The number of hydrogen-bond acceptors (Lipinski definition) is 3. The molecule has 0 aromatic carbocycles. The lowest BCUT2D eigenvalue weighted by Crippen LogP contribution is -2.53. The molecule has 2 saturated heterocycles. The van der Waals surface area contributed by atoms with E-state index < -0.39 is 0 Å². The third-order valence-corrected chi connectivity index (χ3v) is 3.94. The summed E-state index contributed by atoms with van der Waals surface area (Å²) in [7, 11) is 2.02. The summed E-state index contributed by atoms with van der Waals surface area (Å²) in [6.07, 6.45) is 2.37. The van der Waals surface area contributed by atoms with Gasteiger partial charge in [-0.3, -0.25) is 9.69 Å². The molecular weight excluding hydrogens is 214 g/mol. The number of nitrogens with one attached hydrogen (secondary N) is 1. The maximum Gasteiger partial charge on any atom is 0.236 e. The highest BCUT2D eigenvalue weighted by Gasteiger charge is 2.30. The van der Waals surface area contributed by atoms with Crippen molar-refractivity contribution in [2.75, 3.05) is 39.8 Å². The zero-order valence-corrected chi connectivity index (χ0v) is 11.3. The molecule has 1 unspecified atom stereocenters. The van der Waals surface area contributed by atoms with Gasteiger partial charge in [-0.1, -0.05) is 0 Å². The van der Waals surface area contributed by atoms with Crippen LogP contribution >= 0.6 is 0 Å². The number of carbonyl (C=O) groups is 1. The van der Waals surface area contributed by atoms with Gasteiger partial charge in [0, 0.05) is 25.2 Å². The van der Waals surface area contributed by atoms with Crippen molar-refractivity contribution in [2.45, 2.75) is 32.2 Å². The van der Waals surface area contributed by atoms with Gasteiger partial charge in [-0.05, 0) is 46.2 Å². The highest BCUT2D eigenvalue weighted by atomic mass is 16.2. The van der Waals surface area contributed by atoms with E-state index in [2.05, 4.69) is 29.0 Å². The monoisotopic (exact) mass is 239 g/mol. The van der Waals surface area contributed by atoms with Crippen LogP contribution in [-0.4, -0.2) is 61.0 Å². The van der Waals surface area contributed by atoms with Crippen LogP contribution in [-0.2, 0) is 4.79 Å². The summed E-state index contributed by atoms with van der Waals surface area (Å²) in [6, 6.07) is 0. The molecule has 17 heavy (non-hydrogen) atoms. The zero-order valence-electron chi connectivity index (χ0n) is 11.3. The Hall–Kier alpha value is -0.610. The molecule has 1 amide bonds. The molecule has 0 aliphatic carbocycles. The molecule has 1 N–H and O–H groups in total. The lowest BCUT2D eigenvalue weighted by molar-refractivity contribution is -0.136. The first-order valence-corrected chi connectivity index (χ1v) is 6.68. The van der Waals surface area contributed by atoms with Crippen LogP contribution in [0, 0.1) is 5.92 Å². The topological polar surface area (TPSA) is 35.6 Å². The number of piperazine rings is 1. The largest absolute Gasteiger partial charge is 0.340 e. The average Bonchev–Trinajstić information content (AvgIpc) is 2.21. The van der Waals surface area contributed by atoms with Crippen LogP contribution in [0.3, 0.4) is 0 Å². The van der Waals surface area contributed by atoms with E-state index in [4.69, 9.17) is 0 Å². The molecule has 4 heteroatoms. The van der Waals surface area contributed by atoms with Crippen LogP contribution in [0.1, 0.15) is 26.7 Å². The number of nitrogens with zero attached hydrogens (tertiary/aromatic N) is 2. The summed E-state index contributed by atoms with van der Waals surface area (Å²) in [5.41, 5.74) is 0.235. The van der Waals surface area contributed by atoms with Crippen molar-refractivity contribution in [1.82, 2.24) is 15.1 Å². The highest BCUT2D eigenvalue weighted by molar-refractivity contribution is 5.78. The number of carbonyl (C=O) groups excluding carboxylic acids is 1. The second-order valence-corrected chi connectivity index (χ2v) is 6.25. The number of piperidine rings is 1. The smallest absolute Gasteiger partial charge is 0.236 e. The second kappa shape index (κ2) is 4.94. The maximum absolute atomic E-state index is 11.9. The molecule has 0 bridgehead atoms. The van der Waals surface area contributed by atoms with Crippen molar-refractivity contribution in [1.29, 1.82) is 0 Å². The van der Waals surface area contributed by atoms with E-state index in [1.54, 1.807) is 0 Å². The molecule has 2 aliphatic heterocycles. The highest BCUT2D eigenvalue weighted by Crippen LogP contribution is 2.25. The second-order valence-electron chi connectivity index (χ2n) is 6.25. The van der Waals surface area contributed by atoms with Crippen LogP contribution in [0.25, 0.3) is 0 Å². The van der Waals surface area contributed by atoms with Crippen LogP contribution in [0.2, 0.25) is 0 Å². The van der Waals surface area contributed by atoms with Gasteiger partial charge in [-0.25, -0.2) is 0 Å². The molecule has 2 heterocycles. The predicted molar refractivity (Wildman–Crippen MR) is 68.9 cm³/mol. The van der Waals surface area contributed by atoms with Crippen molar-refractivity contribution in [3.63, 3.8) is 0 Å². The third-order valence-electron chi connectivity index (χ3n) is 3.94. The van der Waals surface area contributed by atoms with Crippen molar-refractivity contribution >= 4 is 5.91 Å². The minimum Gasteiger partial charge on any atom is -0.340 e. The Morgan fingerprint density at radius 1 is 1.41 bits per heavy atom. The average molecular weight is 239 g/mol. The van der Waals surface area contributed by atoms with Crippen molar-refractivity contribution < 1.29 is 4.79 Å². The molecule has 0 radical (unpaired) electrons. The van der Waals surface area contributed by atoms with Crippen LogP contribution in [0.4, 0.5) is 0 Å². The molecular formula is C13H25N3O. The molecule has 2 rings (SSSR count). The van der Waals surface area contributed by atoms with E-state index in [0.29, 0.717) is 18.4 Å². The zero-order chi connectivity index (χ0) is 12.5. The Labute approximate surface area is 104 Å². The summed E-state index contributed by atoms with van der Waals surface area (Å²) in [6.45, 7) is 9.06. The summed E-state index contributed by atoms with van der Waals surface area (Å²) in [5, 5.41) is 3.53. The quantitative estimate of drug-likeness (QED) is 0.764. The van der Waals surface area contributed by atoms with E-state index in [1.165, 1.54) is 12.8 Å². The number of amides is 1. The number of hydrogen-bond donors (Lipinski definition) is 1. The molecule has 0 saturated carbocycles. The fourth-order valence-corrected chi connectivity index (χ4v) is 3.00. The molecule has 98 valence electrons. The first-order chi connectivity index (χ1) is 7.96. The SMILES string of the molecule is CN1CCN(CC2CCNC(C)(C)C2)C(=O)C1. The predicted octanol–water partition coefficient (Wildman–Crippen LogP) is 0.539. The first kappa shape index (κ1) is 12.8. The van der Waals surface area contributed by atoms with E-state index in [-0.39, 0.29) is 5.54 Å². The van der Waals surface area contributed by atoms with Crippen LogP contribution < -0.4 is 5.32 Å². The Morgan fingerprint density at radius 3 is 2.82 bits per heavy atom. The molecule has 2 fully saturated rings. The van der Waals surface area contributed by atoms with Gasteiger partial charge >= 0.3 is 0 Å². The molecule has 0 aromatic rings. The van der Waals surface area contributed by atoms with Crippen LogP contribution in [0.5, 0.6) is 0 Å². The fraction of sp³-hybridized carbons (Fsp3) is 0.923. The van der Waals surface area contributed by atoms with Crippen LogP contribution in [0.15, 0.2) is 0 Å².